The van der Waals surface area contributed by atoms with E-state index in [1.807, 2.05) is 100 Å². The van der Waals surface area contributed by atoms with Gasteiger partial charge in [0.05, 0.1) is 33.6 Å². The van der Waals surface area contributed by atoms with Crippen molar-refractivity contribution in [3.8, 4) is 27.4 Å². The number of nitrogens with one attached hydrogen (secondary N) is 2. The van der Waals surface area contributed by atoms with E-state index < -0.39 is 29.5 Å². The third-order valence-electron chi connectivity index (χ3n) is 14.5. The number of β-amino-alcohol motifs (C(OH)–C–C–N with tert-alkyl or cyclic N) is 1. The molecule has 3 fully saturated rings. The van der Waals surface area contributed by atoms with Crippen LogP contribution in [-0.2, 0) is 22.7 Å². The molecule has 18 heteroatoms. The van der Waals surface area contributed by atoms with Crippen molar-refractivity contribution >= 4 is 46.5 Å². The molecule has 0 aliphatic carbocycles. The maximum absolute atomic E-state index is 14.3. The van der Waals surface area contributed by atoms with Crippen molar-refractivity contribution in [3.63, 3.8) is 0 Å². The molecule has 3 aliphatic rings. The number of nitrogen functional groups attached to an aromatic ring is 1. The van der Waals surface area contributed by atoms with Crippen molar-refractivity contribution in [2.24, 2.45) is 5.41 Å². The molecule has 6 aromatic rings. The van der Waals surface area contributed by atoms with Gasteiger partial charge in [0, 0.05) is 74.7 Å². The summed E-state index contributed by atoms with van der Waals surface area (Å²) in [5, 5.41) is 35.6. The van der Waals surface area contributed by atoms with E-state index >= 15 is 0 Å². The molecule has 6 N–H and O–H groups in total. The quantitative estimate of drug-likeness (QED) is 0.0828. The number of amides is 3. The van der Waals surface area contributed by atoms with Crippen molar-refractivity contribution < 1.29 is 24.6 Å². The van der Waals surface area contributed by atoms with Gasteiger partial charge in [0.15, 0.2) is 5.82 Å². The van der Waals surface area contributed by atoms with Gasteiger partial charge in [-0.05, 0) is 111 Å². The first-order valence-electron chi connectivity index (χ1n) is 25.1. The van der Waals surface area contributed by atoms with E-state index in [2.05, 4.69) is 54.4 Å². The summed E-state index contributed by atoms with van der Waals surface area (Å²) in [6, 6.07) is 22.8. The summed E-state index contributed by atoms with van der Waals surface area (Å²) in [6.45, 7) is 16.1. The molecule has 3 aromatic heterocycles. The average molecular weight is 1010 g/mol. The number of piperazine rings is 1. The number of carbonyl (C=O) groups excluding carboxylic acids is 3. The number of phenols is 1. The lowest BCUT2D eigenvalue weighted by Gasteiger charge is -2.45. The zero-order chi connectivity index (χ0) is 51.6. The number of carbonyl (C=O) groups is 3. The minimum Gasteiger partial charge on any atom is -0.507 e. The van der Waals surface area contributed by atoms with Gasteiger partial charge >= 0.3 is 0 Å². The molecule has 0 bridgehead atoms. The number of benzene rings is 3. The Morgan fingerprint density at radius 2 is 1.55 bits per heavy atom. The van der Waals surface area contributed by atoms with Gasteiger partial charge < -0.3 is 41.3 Å². The molecule has 17 nitrogen and oxygen atoms in total. The van der Waals surface area contributed by atoms with E-state index in [-0.39, 0.29) is 49.2 Å². The number of thiazole rings is 1. The van der Waals surface area contributed by atoms with Gasteiger partial charge in [-0.2, -0.15) is 0 Å². The van der Waals surface area contributed by atoms with E-state index in [1.165, 1.54) is 4.90 Å². The molecule has 2 unspecified atom stereocenters. The number of hydrogen-bond donors (Lipinski definition) is 5. The number of hydrogen-bond acceptors (Lipinski definition) is 15. The molecule has 3 saturated heterocycles. The highest BCUT2D eigenvalue weighted by Gasteiger charge is 2.44. The number of phenolic OH excluding ortho intramolecular Hbond substituents is 1. The van der Waals surface area contributed by atoms with Gasteiger partial charge in [-0.1, -0.05) is 69.3 Å². The van der Waals surface area contributed by atoms with Crippen LogP contribution in [0.15, 0.2) is 96.8 Å². The van der Waals surface area contributed by atoms with Crippen LogP contribution in [0, 0.1) is 12.3 Å². The van der Waals surface area contributed by atoms with E-state index in [0.29, 0.717) is 47.6 Å². The number of likely N-dealkylation sites (tertiary alicyclic amines) is 2. The standard InChI is InChI=1S/C55H66N12O5S/c1-33-28-65(45-24-44(62-63-50(45)56)43-9-7-8-10-47(43)69)29-34(2)67(33)54-58-26-41(27-59-54)38-19-21-64(22-20-38)30-37-13-17-40(18-14-37)51(70)61-49(55(4,5)6)53(72)66-31-42(68)23-46(66)52(71)57-25-36-11-15-39(16-12-36)48-35(3)60-32-73-48/h7-18,24,26-27,32-34,38,42,46,49,68-69H,19-23,25,28-31H2,1-6H3,(H2,56,63)(H,57,71)(H,61,70)/t33?,34?,42-,46+,49-/m1/s1. The molecular formula is C55H66N12O5S. The number of para-hydroxylation sites is 1. The summed E-state index contributed by atoms with van der Waals surface area (Å²) >= 11 is 1.58. The summed E-state index contributed by atoms with van der Waals surface area (Å²) in [7, 11) is 0. The normalized spacial score (nSPS) is 20.2. The van der Waals surface area contributed by atoms with Gasteiger partial charge in [0.25, 0.3) is 5.91 Å². The summed E-state index contributed by atoms with van der Waals surface area (Å²) in [6.07, 6.45) is 5.16. The number of aliphatic hydroxyl groups excluding tert-OH is 1. The first-order chi connectivity index (χ1) is 35.0. The fourth-order valence-electron chi connectivity index (χ4n) is 10.5. The highest BCUT2D eigenvalue weighted by Crippen LogP contribution is 2.35. The Bertz CT molecular complexity index is 2890. The predicted octanol–water partition coefficient (Wildman–Crippen LogP) is 6.56. The number of anilines is 3. The van der Waals surface area contributed by atoms with Crippen LogP contribution in [0.1, 0.15) is 92.5 Å². The Balaban J connectivity index is 0.750. The number of nitrogens with two attached hydrogens (primary N) is 1. The highest BCUT2D eigenvalue weighted by atomic mass is 32.1. The lowest BCUT2D eigenvalue weighted by molar-refractivity contribution is -0.142. The monoisotopic (exact) mass is 1010 g/mol. The van der Waals surface area contributed by atoms with Crippen molar-refractivity contribution in [2.45, 2.75) is 110 Å². The van der Waals surface area contributed by atoms with Gasteiger partial charge in [-0.25, -0.2) is 15.0 Å². The Morgan fingerprint density at radius 1 is 0.877 bits per heavy atom. The lowest BCUT2D eigenvalue weighted by atomic mass is 9.85. The van der Waals surface area contributed by atoms with Crippen molar-refractivity contribution in [2.75, 3.05) is 48.3 Å². The summed E-state index contributed by atoms with van der Waals surface area (Å²) in [5.74, 6) is 0.385. The third-order valence-corrected chi connectivity index (χ3v) is 15.5. The number of piperidine rings is 1. The van der Waals surface area contributed by atoms with Crippen molar-refractivity contribution in [1.82, 2.24) is 45.6 Å². The molecule has 3 aliphatic heterocycles. The van der Waals surface area contributed by atoms with Gasteiger partial charge in [-0.3, -0.25) is 19.3 Å². The number of aryl methyl sites for hydroxylation is 1. The van der Waals surface area contributed by atoms with Crippen LogP contribution in [0.5, 0.6) is 5.75 Å². The zero-order valence-electron chi connectivity index (χ0n) is 42.4. The zero-order valence-corrected chi connectivity index (χ0v) is 43.2. The van der Waals surface area contributed by atoms with Gasteiger partial charge in [-0.15, -0.1) is 21.5 Å². The number of aliphatic hydroxyl groups is 1. The Morgan fingerprint density at radius 3 is 2.19 bits per heavy atom. The maximum Gasteiger partial charge on any atom is 0.251 e. The SMILES string of the molecule is Cc1ncsc1-c1ccc(CNC(=O)[C@@H]2C[C@@H](O)CN2C(=O)[C@@H](NC(=O)c2ccc(CN3CCC(c4cnc(N5C(C)CN(c6cc(-c7ccccc7O)nnc6N)CC5C)nc4)CC3)cc2)C(C)(C)C)cc1. The van der Waals surface area contributed by atoms with Crippen LogP contribution in [0.4, 0.5) is 17.5 Å². The summed E-state index contributed by atoms with van der Waals surface area (Å²) in [5.41, 5.74) is 15.0. The molecule has 6 heterocycles. The van der Waals surface area contributed by atoms with Crippen molar-refractivity contribution in [3.05, 3.63) is 125 Å². The van der Waals surface area contributed by atoms with Crippen molar-refractivity contribution in [1.29, 1.82) is 0 Å². The largest absolute Gasteiger partial charge is 0.507 e. The molecule has 0 radical (unpaired) electrons. The minimum absolute atomic E-state index is 0.000835. The predicted molar refractivity (Wildman–Crippen MR) is 284 cm³/mol. The molecule has 3 aromatic carbocycles. The second-order valence-electron chi connectivity index (χ2n) is 20.9. The fraction of sp³-hybridized carbons (Fsp3) is 0.418. The molecule has 0 spiro atoms. The minimum atomic E-state index is -0.946. The smallest absolute Gasteiger partial charge is 0.251 e. The third kappa shape index (κ3) is 11.5. The molecule has 9 rings (SSSR count). The molecule has 5 atom stereocenters. The Kier molecular flexibility index (Phi) is 15.1. The number of aromatic nitrogens is 5. The average Bonchev–Trinajstić information content (AvgIpc) is 4.00. The summed E-state index contributed by atoms with van der Waals surface area (Å²) in [4.78, 5) is 65.2. The van der Waals surface area contributed by atoms with Gasteiger partial charge in [0.2, 0.25) is 17.8 Å². The number of nitrogens with zero attached hydrogens (tertiary/aromatic N) is 9. The fourth-order valence-corrected chi connectivity index (χ4v) is 11.3. The molecular weight excluding hydrogens is 941 g/mol. The Labute approximate surface area is 430 Å². The van der Waals surface area contributed by atoms with E-state index in [1.54, 1.807) is 35.6 Å². The van der Waals surface area contributed by atoms with Crippen LogP contribution >= 0.6 is 11.3 Å². The summed E-state index contributed by atoms with van der Waals surface area (Å²) < 4.78 is 0. The van der Waals surface area contributed by atoms with Crippen LogP contribution in [-0.4, -0.2) is 126 Å². The van der Waals surface area contributed by atoms with Gasteiger partial charge in [0.1, 0.15) is 17.8 Å². The molecule has 382 valence electrons. The maximum atomic E-state index is 14.3. The first-order valence-corrected chi connectivity index (χ1v) is 26.0. The molecule has 0 saturated carbocycles. The molecule has 73 heavy (non-hydrogen) atoms. The van der Waals surface area contributed by atoms with Crippen LogP contribution in [0.25, 0.3) is 21.7 Å². The second kappa shape index (κ2) is 21.6. The Hall–Kier alpha value is -7.02. The lowest BCUT2D eigenvalue weighted by Crippen LogP contribution is -2.57. The van der Waals surface area contributed by atoms with Crippen LogP contribution < -0.4 is 26.2 Å². The van der Waals surface area contributed by atoms with Crippen LogP contribution in [0.3, 0.4) is 0 Å². The topological polar surface area (TPSA) is 219 Å². The van der Waals surface area contributed by atoms with E-state index in [9.17, 15) is 24.6 Å². The molecule has 3 amide bonds. The first kappa shape index (κ1) is 50.9. The highest BCUT2D eigenvalue weighted by molar-refractivity contribution is 7.13. The number of rotatable bonds is 13. The number of aromatic hydroxyl groups is 1. The van der Waals surface area contributed by atoms with E-state index in [4.69, 9.17) is 15.7 Å². The second-order valence-corrected chi connectivity index (χ2v) is 21.8. The van der Waals surface area contributed by atoms with Crippen LogP contribution in [0.2, 0.25) is 0 Å². The van der Waals surface area contributed by atoms with E-state index in [0.717, 1.165) is 71.0 Å².